The first kappa shape index (κ1) is 13.5. The average Bonchev–Trinajstić information content (AvgIpc) is 2.83. The highest BCUT2D eigenvalue weighted by molar-refractivity contribution is 7.11. The van der Waals surface area contributed by atoms with Gasteiger partial charge >= 0.3 is 0 Å². The maximum absolute atomic E-state index is 11.9. The molecule has 1 amide bonds. The summed E-state index contributed by atoms with van der Waals surface area (Å²) in [6, 6.07) is 3.55. The van der Waals surface area contributed by atoms with Crippen LogP contribution in [0.15, 0.2) is 24.5 Å². The summed E-state index contributed by atoms with van der Waals surface area (Å²) in [5.74, 6) is 0.637. The van der Waals surface area contributed by atoms with E-state index in [1.54, 1.807) is 35.9 Å². The van der Waals surface area contributed by atoms with E-state index in [-0.39, 0.29) is 5.91 Å². The summed E-state index contributed by atoms with van der Waals surface area (Å²) in [5, 5.41) is 6.82. The van der Waals surface area contributed by atoms with Crippen LogP contribution in [-0.2, 0) is 6.54 Å². The number of pyridine rings is 1. The minimum Gasteiger partial charge on any atom is -0.370 e. The number of hydrogen-bond donors (Lipinski definition) is 2. The monoisotopic (exact) mass is 276 g/mol. The van der Waals surface area contributed by atoms with Gasteiger partial charge in [0, 0.05) is 23.8 Å². The van der Waals surface area contributed by atoms with Gasteiger partial charge in [-0.15, -0.1) is 11.3 Å². The quantitative estimate of drug-likeness (QED) is 0.878. The van der Waals surface area contributed by atoms with Crippen LogP contribution in [0.3, 0.4) is 0 Å². The number of nitrogens with one attached hydrogen (secondary N) is 2. The van der Waals surface area contributed by atoms with E-state index in [1.165, 1.54) is 0 Å². The maximum atomic E-state index is 11.9. The topological polar surface area (TPSA) is 66.9 Å². The van der Waals surface area contributed by atoms with Gasteiger partial charge in [0.05, 0.1) is 12.1 Å². The zero-order valence-corrected chi connectivity index (χ0v) is 11.8. The fourth-order valence-corrected chi connectivity index (χ4v) is 2.28. The Balaban J connectivity index is 1.92. The minimum atomic E-state index is -0.136. The Morgan fingerprint density at radius 1 is 1.32 bits per heavy atom. The Morgan fingerprint density at radius 3 is 2.74 bits per heavy atom. The molecule has 6 heteroatoms. The number of anilines is 1. The van der Waals surface area contributed by atoms with Gasteiger partial charge in [-0.2, -0.15) is 0 Å². The van der Waals surface area contributed by atoms with E-state index in [0.29, 0.717) is 12.1 Å². The number of aromatic nitrogens is 2. The standard InChI is InChI=1S/C13H16N4OS/c1-3-14-11-5-4-10(7-15-11)13(18)17-8-12-16-6-9(2)19-12/h4-7H,3,8H2,1-2H3,(H,14,15)(H,17,18). The summed E-state index contributed by atoms with van der Waals surface area (Å²) in [7, 11) is 0. The molecule has 0 fully saturated rings. The van der Waals surface area contributed by atoms with E-state index in [9.17, 15) is 4.79 Å². The molecule has 19 heavy (non-hydrogen) atoms. The molecule has 0 radical (unpaired) electrons. The lowest BCUT2D eigenvalue weighted by molar-refractivity contribution is 0.0950. The third kappa shape index (κ3) is 3.75. The third-order valence-electron chi connectivity index (χ3n) is 2.45. The Labute approximate surface area is 116 Å². The summed E-state index contributed by atoms with van der Waals surface area (Å²) in [5.41, 5.74) is 0.551. The van der Waals surface area contributed by atoms with Crippen molar-refractivity contribution in [3.8, 4) is 0 Å². The zero-order chi connectivity index (χ0) is 13.7. The Kier molecular flexibility index (Phi) is 4.46. The number of aryl methyl sites for hydroxylation is 1. The molecule has 2 aromatic rings. The Hall–Kier alpha value is -1.95. The lowest BCUT2D eigenvalue weighted by Gasteiger charge is -2.05. The number of nitrogens with zero attached hydrogens (tertiary/aromatic N) is 2. The number of thiazole rings is 1. The molecule has 0 aliphatic carbocycles. The van der Waals surface area contributed by atoms with E-state index >= 15 is 0 Å². The zero-order valence-electron chi connectivity index (χ0n) is 10.9. The lowest BCUT2D eigenvalue weighted by atomic mass is 10.2. The van der Waals surface area contributed by atoms with E-state index < -0.39 is 0 Å². The van der Waals surface area contributed by atoms with Gasteiger partial charge < -0.3 is 10.6 Å². The third-order valence-corrected chi connectivity index (χ3v) is 3.37. The molecule has 0 bridgehead atoms. The van der Waals surface area contributed by atoms with Crippen LogP contribution in [0, 0.1) is 6.92 Å². The van der Waals surface area contributed by atoms with Crippen molar-refractivity contribution in [3.63, 3.8) is 0 Å². The van der Waals surface area contributed by atoms with Crippen molar-refractivity contribution < 1.29 is 4.79 Å². The van der Waals surface area contributed by atoms with Crippen LogP contribution in [0.2, 0.25) is 0 Å². The number of hydrogen-bond acceptors (Lipinski definition) is 5. The second-order valence-corrected chi connectivity index (χ2v) is 5.33. The summed E-state index contributed by atoms with van der Waals surface area (Å²) in [4.78, 5) is 21.4. The fraction of sp³-hybridized carbons (Fsp3) is 0.308. The van der Waals surface area contributed by atoms with Gasteiger partial charge in [0.2, 0.25) is 0 Å². The molecule has 2 rings (SSSR count). The van der Waals surface area contributed by atoms with Crippen LogP contribution in [0.4, 0.5) is 5.82 Å². The number of amides is 1. The van der Waals surface area contributed by atoms with Crippen molar-refractivity contribution in [3.05, 3.63) is 40.0 Å². The molecule has 0 atom stereocenters. The highest BCUT2D eigenvalue weighted by Crippen LogP contribution is 2.11. The fourth-order valence-electron chi connectivity index (χ4n) is 1.55. The molecule has 0 saturated heterocycles. The van der Waals surface area contributed by atoms with Gasteiger partial charge in [0.25, 0.3) is 5.91 Å². The summed E-state index contributed by atoms with van der Waals surface area (Å²) in [6.07, 6.45) is 3.37. The Morgan fingerprint density at radius 2 is 2.16 bits per heavy atom. The second kappa shape index (κ2) is 6.29. The molecular formula is C13H16N4OS. The molecule has 100 valence electrons. The van der Waals surface area contributed by atoms with Crippen molar-refractivity contribution in [2.24, 2.45) is 0 Å². The molecule has 2 aromatic heterocycles. The molecule has 2 N–H and O–H groups in total. The number of carbonyl (C=O) groups excluding carboxylic acids is 1. The van der Waals surface area contributed by atoms with Gasteiger partial charge in [-0.1, -0.05) is 0 Å². The van der Waals surface area contributed by atoms with Crippen molar-refractivity contribution in [2.75, 3.05) is 11.9 Å². The molecule has 0 aliphatic rings. The highest BCUT2D eigenvalue weighted by atomic mass is 32.1. The average molecular weight is 276 g/mol. The molecule has 0 spiro atoms. The summed E-state index contributed by atoms with van der Waals surface area (Å²) < 4.78 is 0. The number of rotatable bonds is 5. The van der Waals surface area contributed by atoms with E-state index in [1.807, 2.05) is 13.8 Å². The van der Waals surface area contributed by atoms with Crippen LogP contribution >= 0.6 is 11.3 Å². The van der Waals surface area contributed by atoms with Crippen LogP contribution in [-0.4, -0.2) is 22.4 Å². The molecule has 0 unspecified atom stereocenters. The van der Waals surface area contributed by atoms with Crippen molar-refractivity contribution >= 4 is 23.1 Å². The van der Waals surface area contributed by atoms with Gasteiger partial charge in [-0.05, 0) is 26.0 Å². The predicted octanol–water partition coefficient (Wildman–Crippen LogP) is 2.21. The highest BCUT2D eigenvalue weighted by Gasteiger charge is 2.07. The molecule has 2 heterocycles. The first-order valence-electron chi connectivity index (χ1n) is 6.08. The van der Waals surface area contributed by atoms with Crippen LogP contribution in [0.1, 0.15) is 27.2 Å². The maximum Gasteiger partial charge on any atom is 0.253 e. The molecule has 0 saturated carbocycles. The minimum absolute atomic E-state index is 0.136. The second-order valence-electron chi connectivity index (χ2n) is 4.01. The molecule has 5 nitrogen and oxygen atoms in total. The van der Waals surface area contributed by atoms with Gasteiger partial charge in [-0.25, -0.2) is 9.97 Å². The van der Waals surface area contributed by atoms with Crippen molar-refractivity contribution in [1.29, 1.82) is 0 Å². The first-order chi connectivity index (χ1) is 9.19. The van der Waals surface area contributed by atoms with Crippen LogP contribution in [0.25, 0.3) is 0 Å². The van der Waals surface area contributed by atoms with E-state index in [0.717, 1.165) is 22.2 Å². The smallest absolute Gasteiger partial charge is 0.253 e. The van der Waals surface area contributed by atoms with E-state index in [2.05, 4.69) is 20.6 Å². The van der Waals surface area contributed by atoms with Crippen LogP contribution in [0.5, 0.6) is 0 Å². The molecular weight excluding hydrogens is 260 g/mol. The molecule has 0 aliphatic heterocycles. The van der Waals surface area contributed by atoms with Gasteiger partial charge in [0.1, 0.15) is 10.8 Å². The summed E-state index contributed by atoms with van der Waals surface area (Å²) in [6.45, 7) is 5.25. The predicted molar refractivity (Wildman–Crippen MR) is 76.4 cm³/mol. The van der Waals surface area contributed by atoms with Gasteiger partial charge in [0.15, 0.2) is 0 Å². The Bertz CT molecular complexity index is 550. The molecule has 0 aromatic carbocycles. The number of carbonyl (C=O) groups is 1. The van der Waals surface area contributed by atoms with Crippen molar-refractivity contribution in [2.45, 2.75) is 20.4 Å². The first-order valence-corrected chi connectivity index (χ1v) is 6.90. The van der Waals surface area contributed by atoms with Crippen LogP contribution < -0.4 is 10.6 Å². The van der Waals surface area contributed by atoms with Gasteiger partial charge in [-0.3, -0.25) is 4.79 Å². The largest absolute Gasteiger partial charge is 0.370 e. The normalized spacial score (nSPS) is 10.2. The lowest BCUT2D eigenvalue weighted by Crippen LogP contribution is -2.22. The van der Waals surface area contributed by atoms with Crippen molar-refractivity contribution in [1.82, 2.24) is 15.3 Å². The van der Waals surface area contributed by atoms with E-state index in [4.69, 9.17) is 0 Å². The summed E-state index contributed by atoms with van der Waals surface area (Å²) >= 11 is 1.58. The SMILES string of the molecule is CCNc1ccc(C(=O)NCc2ncc(C)s2)cn1.